The Balaban J connectivity index is 1.75. The van der Waals surface area contributed by atoms with Gasteiger partial charge in [-0.05, 0) is 12.8 Å². The van der Waals surface area contributed by atoms with Crippen molar-refractivity contribution in [3.8, 4) is 0 Å². The lowest BCUT2D eigenvalue weighted by Crippen LogP contribution is -2.29. The van der Waals surface area contributed by atoms with E-state index in [-0.39, 0.29) is 5.91 Å². The van der Waals surface area contributed by atoms with Crippen molar-refractivity contribution in [2.45, 2.75) is 18.9 Å². The number of aromatic nitrogens is 2. The highest BCUT2D eigenvalue weighted by Crippen LogP contribution is 2.17. The van der Waals surface area contributed by atoms with E-state index in [1.165, 1.54) is 12.8 Å². The average molecular weight is 194 g/mol. The predicted molar refractivity (Wildman–Crippen MR) is 52.9 cm³/mol. The lowest BCUT2D eigenvalue weighted by atomic mass is 10.5. The van der Waals surface area contributed by atoms with Gasteiger partial charge in [-0.3, -0.25) is 9.48 Å². The number of aryl methyl sites for hydroxylation is 1. The van der Waals surface area contributed by atoms with E-state index in [1.54, 1.807) is 16.9 Å². The second kappa shape index (κ2) is 3.79. The van der Waals surface area contributed by atoms with Crippen molar-refractivity contribution in [2.24, 2.45) is 7.05 Å². The van der Waals surface area contributed by atoms with Crippen molar-refractivity contribution < 1.29 is 4.79 Å². The van der Waals surface area contributed by atoms with Crippen LogP contribution >= 0.6 is 0 Å². The molecule has 1 heterocycles. The molecule has 0 unspecified atom stereocenters. The summed E-state index contributed by atoms with van der Waals surface area (Å²) in [6.45, 7) is 0.376. The van der Waals surface area contributed by atoms with Crippen LogP contribution in [0.4, 0.5) is 5.82 Å². The lowest BCUT2D eigenvalue weighted by Gasteiger charge is -2.02. The molecule has 0 aliphatic heterocycles. The highest BCUT2D eigenvalue weighted by Gasteiger charge is 2.21. The molecule has 0 saturated heterocycles. The number of amides is 1. The lowest BCUT2D eigenvalue weighted by molar-refractivity contribution is -0.115. The maximum atomic E-state index is 11.3. The highest BCUT2D eigenvalue weighted by atomic mass is 16.2. The molecule has 2 N–H and O–H groups in total. The molecular weight excluding hydrogens is 180 g/mol. The zero-order chi connectivity index (χ0) is 9.97. The molecule has 0 bridgehead atoms. The van der Waals surface area contributed by atoms with Gasteiger partial charge in [-0.15, -0.1) is 0 Å². The number of carbonyl (C=O) groups excluding carboxylic acids is 1. The first-order valence-electron chi connectivity index (χ1n) is 4.77. The van der Waals surface area contributed by atoms with E-state index in [2.05, 4.69) is 15.7 Å². The average Bonchev–Trinajstić information content (AvgIpc) is 2.88. The summed E-state index contributed by atoms with van der Waals surface area (Å²) in [5.74, 6) is 0.575. The van der Waals surface area contributed by atoms with E-state index in [4.69, 9.17) is 0 Å². The van der Waals surface area contributed by atoms with E-state index in [9.17, 15) is 4.79 Å². The van der Waals surface area contributed by atoms with E-state index >= 15 is 0 Å². The number of hydrogen-bond acceptors (Lipinski definition) is 3. The minimum atomic E-state index is -0.0319. The summed E-state index contributed by atoms with van der Waals surface area (Å²) in [6, 6.07) is 2.33. The van der Waals surface area contributed by atoms with Gasteiger partial charge in [0, 0.05) is 25.4 Å². The van der Waals surface area contributed by atoms with Gasteiger partial charge in [0.2, 0.25) is 5.91 Å². The molecule has 1 aliphatic rings. The summed E-state index contributed by atoms with van der Waals surface area (Å²) in [7, 11) is 1.82. The summed E-state index contributed by atoms with van der Waals surface area (Å²) in [5, 5.41) is 9.90. The Morgan fingerprint density at radius 3 is 3.07 bits per heavy atom. The maximum absolute atomic E-state index is 11.3. The first kappa shape index (κ1) is 9.21. The van der Waals surface area contributed by atoms with Gasteiger partial charge < -0.3 is 10.6 Å². The van der Waals surface area contributed by atoms with Crippen LogP contribution in [0.5, 0.6) is 0 Å². The van der Waals surface area contributed by atoms with Gasteiger partial charge in [-0.25, -0.2) is 0 Å². The van der Waals surface area contributed by atoms with Crippen molar-refractivity contribution in [1.82, 2.24) is 15.1 Å². The number of carbonyl (C=O) groups is 1. The number of rotatable bonds is 4. The predicted octanol–water partition coefficient (Wildman–Crippen LogP) is 0.111. The maximum Gasteiger partial charge on any atom is 0.239 e. The molecule has 5 nitrogen and oxygen atoms in total. The smallest absolute Gasteiger partial charge is 0.239 e. The molecule has 76 valence electrons. The first-order valence-corrected chi connectivity index (χ1v) is 4.77. The molecule has 2 rings (SSSR count). The van der Waals surface area contributed by atoms with Crippen LogP contribution in [0.2, 0.25) is 0 Å². The molecule has 1 aliphatic carbocycles. The Morgan fingerprint density at radius 2 is 2.50 bits per heavy atom. The van der Waals surface area contributed by atoms with Crippen molar-refractivity contribution in [1.29, 1.82) is 0 Å². The second-order valence-electron chi connectivity index (χ2n) is 3.58. The Labute approximate surface area is 82.5 Å². The van der Waals surface area contributed by atoms with Crippen molar-refractivity contribution in [3.05, 3.63) is 12.3 Å². The van der Waals surface area contributed by atoms with Crippen LogP contribution in [0.3, 0.4) is 0 Å². The zero-order valence-electron chi connectivity index (χ0n) is 8.16. The normalized spacial score (nSPS) is 15.5. The fourth-order valence-corrected chi connectivity index (χ4v) is 1.19. The SMILES string of the molecule is Cn1ccc(NC(=O)CNC2CC2)n1. The molecule has 14 heavy (non-hydrogen) atoms. The molecule has 1 amide bonds. The van der Waals surface area contributed by atoms with Gasteiger partial charge in [0.15, 0.2) is 5.82 Å². The fourth-order valence-electron chi connectivity index (χ4n) is 1.19. The third-order valence-electron chi connectivity index (χ3n) is 2.11. The van der Waals surface area contributed by atoms with E-state index in [1.807, 2.05) is 7.05 Å². The van der Waals surface area contributed by atoms with Crippen molar-refractivity contribution in [2.75, 3.05) is 11.9 Å². The number of anilines is 1. The monoisotopic (exact) mass is 194 g/mol. The van der Waals surface area contributed by atoms with Gasteiger partial charge in [0.1, 0.15) is 0 Å². The topological polar surface area (TPSA) is 59.0 Å². The molecule has 0 aromatic carbocycles. The minimum Gasteiger partial charge on any atom is -0.308 e. The third kappa shape index (κ3) is 2.56. The van der Waals surface area contributed by atoms with E-state index in [0.29, 0.717) is 18.4 Å². The van der Waals surface area contributed by atoms with Crippen LogP contribution < -0.4 is 10.6 Å². The Kier molecular flexibility index (Phi) is 2.49. The summed E-state index contributed by atoms with van der Waals surface area (Å²) in [4.78, 5) is 11.3. The van der Waals surface area contributed by atoms with Crippen LogP contribution in [-0.4, -0.2) is 28.3 Å². The molecule has 0 atom stereocenters. The van der Waals surface area contributed by atoms with Crippen LogP contribution in [0, 0.1) is 0 Å². The summed E-state index contributed by atoms with van der Waals surface area (Å²) < 4.78 is 1.66. The van der Waals surface area contributed by atoms with Crippen LogP contribution in [0.25, 0.3) is 0 Å². The summed E-state index contributed by atoms with van der Waals surface area (Å²) >= 11 is 0. The molecule has 1 aromatic rings. The van der Waals surface area contributed by atoms with Gasteiger partial charge in [-0.1, -0.05) is 0 Å². The van der Waals surface area contributed by atoms with Gasteiger partial charge >= 0.3 is 0 Å². The van der Waals surface area contributed by atoms with Crippen LogP contribution in [-0.2, 0) is 11.8 Å². The van der Waals surface area contributed by atoms with Gasteiger partial charge in [0.05, 0.1) is 6.54 Å². The Morgan fingerprint density at radius 1 is 1.71 bits per heavy atom. The second-order valence-corrected chi connectivity index (χ2v) is 3.58. The zero-order valence-corrected chi connectivity index (χ0v) is 8.16. The molecule has 5 heteroatoms. The molecule has 1 saturated carbocycles. The van der Waals surface area contributed by atoms with Crippen molar-refractivity contribution in [3.63, 3.8) is 0 Å². The van der Waals surface area contributed by atoms with E-state index < -0.39 is 0 Å². The standard InChI is InChI=1S/C9H14N4O/c1-13-5-4-8(12-13)11-9(14)6-10-7-2-3-7/h4-5,7,10H,2-3,6H2,1H3,(H,11,12,14). The molecule has 0 radical (unpaired) electrons. The van der Waals surface area contributed by atoms with Crippen LogP contribution in [0.15, 0.2) is 12.3 Å². The molecule has 0 spiro atoms. The molecule has 1 fully saturated rings. The van der Waals surface area contributed by atoms with Gasteiger partial charge in [0.25, 0.3) is 0 Å². The first-order chi connectivity index (χ1) is 6.74. The number of nitrogens with zero attached hydrogens (tertiary/aromatic N) is 2. The third-order valence-corrected chi connectivity index (χ3v) is 2.11. The van der Waals surface area contributed by atoms with Crippen LogP contribution in [0.1, 0.15) is 12.8 Å². The molecule has 1 aromatic heterocycles. The molecular formula is C9H14N4O. The summed E-state index contributed by atoms with van der Waals surface area (Å²) in [5.41, 5.74) is 0. The fraction of sp³-hybridized carbons (Fsp3) is 0.556. The van der Waals surface area contributed by atoms with Crippen molar-refractivity contribution >= 4 is 11.7 Å². The number of nitrogens with one attached hydrogen (secondary N) is 2. The minimum absolute atomic E-state index is 0.0319. The van der Waals surface area contributed by atoms with Gasteiger partial charge in [-0.2, -0.15) is 5.10 Å². The highest BCUT2D eigenvalue weighted by molar-refractivity contribution is 5.91. The largest absolute Gasteiger partial charge is 0.308 e. The number of hydrogen-bond donors (Lipinski definition) is 2. The van der Waals surface area contributed by atoms with E-state index in [0.717, 1.165) is 0 Å². The Bertz CT molecular complexity index is 329. The Hall–Kier alpha value is -1.36. The quantitative estimate of drug-likeness (QED) is 0.715. The summed E-state index contributed by atoms with van der Waals surface area (Å²) in [6.07, 6.45) is 4.18.